The molecule has 1 heterocycles. The molecule has 7 nitrogen and oxygen atoms in total. The number of rotatable bonds is 9. The van der Waals surface area contributed by atoms with Crippen molar-refractivity contribution in [3.05, 3.63) is 0 Å². The fourth-order valence-electron chi connectivity index (χ4n) is 2.32. The van der Waals surface area contributed by atoms with Crippen LogP contribution in [0.5, 0.6) is 0 Å². The first-order valence-electron chi connectivity index (χ1n) is 8.51. The lowest BCUT2D eigenvalue weighted by Gasteiger charge is -2.31. The summed E-state index contributed by atoms with van der Waals surface area (Å²) in [5.74, 6) is -0.751. The van der Waals surface area contributed by atoms with Crippen LogP contribution in [0.15, 0.2) is 0 Å². The Morgan fingerprint density at radius 1 is 1.12 bits per heavy atom. The minimum absolute atomic E-state index is 0.0213. The predicted molar refractivity (Wildman–Crippen MR) is 92.0 cm³/mol. The first-order chi connectivity index (χ1) is 11.1. The number of likely N-dealkylation sites (tertiary alicyclic amines) is 1. The van der Waals surface area contributed by atoms with Crippen molar-refractivity contribution in [1.82, 2.24) is 9.62 Å². The van der Waals surface area contributed by atoms with Crippen LogP contribution in [0.2, 0.25) is 0 Å². The zero-order valence-corrected chi connectivity index (χ0v) is 15.9. The second kappa shape index (κ2) is 9.48. The Morgan fingerprint density at radius 3 is 2.21 bits per heavy atom. The number of hydrogen-bond donors (Lipinski definition) is 1. The molecule has 0 aliphatic carbocycles. The minimum Gasteiger partial charge on any atom is -0.372 e. The SMILES string of the molecule is CC(C)C(=O)COCCN1CCC(S(=O)(=O)NC(=O)C(C)C)CC1. The van der Waals surface area contributed by atoms with E-state index in [9.17, 15) is 18.0 Å². The van der Waals surface area contributed by atoms with Crippen LogP contribution >= 0.6 is 0 Å². The maximum atomic E-state index is 12.2. The van der Waals surface area contributed by atoms with Gasteiger partial charge >= 0.3 is 0 Å². The number of amides is 1. The van der Waals surface area contributed by atoms with Gasteiger partial charge in [-0.15, -0.1) is 0 Å². The van der Waals surface area contributed by atoms with Crippen LogP contribution < -0.4 is 4.72 Å². The van der Waals surface area contributed by atoms with E-state index in [0.29, 0.717) is 39.1 Å². The summed E-state index contributed by atoms with van der Waals surface area (Å²) in [6, 6.07) is 0. The Balaban J connectivity index is 2.31. The summed E-state index contributed by atoms with van der Waals surface area (Å²) in [6.07, 6.45) is 0.983. The van der Waals surface area contributed by atoms with Crippen LogP contribution in [0.1, 0.15) is 40.5 Å². The molecule has 0 aromatic heterocycles. The van der Waals surface area contributed by atoms with Gasteiger partial charge < -0.3 is 9.64 Å². The summed E-state index contributed by atoms with van der Waals surface area (Å²) in [5.41, 5.74) is 0. The van der Waals surface area contributed by atoms with Crippen LogP contribution in [0.4, 0.5) is 0 Å². The normalized spacial score (nSPS) is 17.4. The van der Waals surface area contributed by atoms with Crippen molar-refractivity contribution in [2.75, 3.05) is 32.8 Å². The monoisotopic (exact) mass is 362 g/mol. The Kier molecular flexibility index (Phi) is 8.32. The quantitative estimate of drug-likeness (QED) is 0.610. The maximum Gasteiger partial charge on any atom is 0.237 e. The summed E-state index contributed by atoms with van der Waals surface area (Å²) in [7, 11) is -3.60. The molecule has 1 rings (SSSR count). The van der Waals surface area contributed by atoms with Gasteiger partial charge in [0.1, 0.15) is 6.61 Å². The molecule has 0 unspecified atom stereocenters. The van der Waals surface area contributed by atoms with Crippen LogP contribution in [0, 0.1) is 11.8 Å². The molecule has 140 valence electrons. The van der Waals surface area contributed by atoms with E-state index in [0.717, 1.165) is 0 Å². The zero-order valence-electron chi connectivity index (χ0n) is 15.1. The van der Waals surface area contributed by atoms with Gasteiger partial charge in [-0.05, 0) is 25.9 Å². The van der Waals surface area contributed by atoms with Crippen LogP contribution in [-0.2, 0) is 24.3 Å². The summed E-state index contributed by atoms with van der Waals surface area (Å²) in [4.78, 5) is 25.2. The highest BCUT2D eigenvalue weighted by Crippen LogP contribution is 2.17. The molecule has 0 aromatic carbocycles. The van der Waals surface area contributed by atoms with Crippen LogP contribution in [0.25, 0.3) is 0 Å². The lowest BCUT2D eigenvalue weighted by molar-refractivity contribution is -0.126. The lowest BCUT2D eigenvalue weighted by atomic mass is 10.1. The van der Waals surface area contributed by atoms with Crippen molar-refractivity contribution >= 4 is 21.7 Å². The molecule has 0 bridgehead atoms. The zero-order chi connectivity index (χ0) is 18.3. The standard InChI is InChI=1S/C16H30N2O5S/c1-12(2)15(19)11-23-10-9-18-7-5-14(6-8-18)24(21,22)17-16(20)13(3)4/h12-14H,5-11H2,1-4H3,(H,17,20). The molecular formula is C16H30N2O5S. The number of hydrogen-bond acceptors (Lipinski definition) is 6. The second-order valence-corrected chi connectivity index (χ2v) is 8.84. The van der Waals surface area contributed by atoms with Gasteiger partial charge in [0.15, 0.2) is 5.78 Å². The van der Waals surface area contributed by atoms with E-state index >= 15 is 0 Å². The Labute approximate surface area is 145 Å². The van der Waals surface area contributed by atoms with E-state index in [2.05, 4.69) is 9.62 Å². The number of Topliss-reactive ketones (excluding diaryl/α,β-unsaturated/α-hetero) is 1. The van der Waals surface area contributed by atoms with E-state index in [1.165, 1.54) is 0 Å². The Morgan fingerprint density at radius 2 is 1.71 bits per heavy atom. The molecule has 0 radical (unpaired) electrons. The third kappa shape index (κ3) is 6.86. The second-order valence-electron chi connectivity index (χ2n) is 6.88. The Bertz CT molecular complexity index is 523. The lowest BCUT2D eigenvalue weighted by Crippen LogP contribution is -2.46. The van der Waals surface area contributed by atoms with Gasteiger partial charge in [0.2, 0.25) is 15.9 Å². The number of nitrogens with one attached hydrogen (secondary N) is 1. The number of piperidine rings is 1. The predicted octanol–water partition coefficient (Wildman–Crippen LogP) is 0.795. The van der Waals surface area contributed by atoms with Gasteiger partial charge in [-0.2, -0.15) is 0 Å². The average molecular weight is 362 g/mol. The highest BCUT2D eigenvalue weighted by molar-refractivity contribution is 7.90. The summed E-state index contributed by atoms with van der Waals surface area (Å²) in [5, 5.41) is -0.528. The molecule has 1 N–H and O–H groups in total. The van der Waals surface area contributed by atoms with E-state index in [-0.39, 0.29) is 24.2 Å². The van der Waals surface area contributed by atoms with Crippen molar-refractivity contribution < 1.29 is 22.7 Å². The molecule has 24 heavy (non-hydrogen) atoms. The molecule has 1 amide bonds. The largest absolute Gasteiger partial charge is 0.372 e. The molecule has 1 fully saturated rings. The van der Waals surface area contributed by atoms with Crippen molar-refractivity contribution in [2.45, 2.75) is 45.8 Å². The number of ether oxygens (including phenoxy) is 1. The van der Waals surface area contributed by atoms with Crippen LogP contribution in [0.3, 0.4) is 0 Å². The van der Waals surface area contributed by atoms with Gasteiger partial charge in [0.05, 0.1) is 11.9 Å². The van der Waals surface area contributed by atoms with Gasteiger partial charge in [-0.1, -0.05) is 27.7 Å². The number of nitrogens with zero attached hydrogens (tertiary/aromatic N) is 1. The van der Waals surface area contributed by atoms with Gasteiger partial charge in [-0.25, -0.2) is 8.42 Å². The fraction of sp³-hybridized carbons (Fsp3) is 0.875. The molecular weight excluding hydrogens is 332 g/mol. The van der Waals surface area contributed by atoms with Crippen LogP contribution in [-0.4, -0.2) is 63.1 Å². The topological polar surface area (TPSA) is 92.8 Å². The number of carbonyl (C=O) groups excluding carboxylic acids is 2. The number of ketones is 1. The Hall–Kier alpha value is -0.990. The first kappa shape index (κ1) is 21.1. The van der Waals surface area contributed by atoms with Crippen molar-refractivity contribution in [3.63, 3.8) is 0 Å². The highest BCUT2D eigenvalue weighted by Gasteiger charge is 2.31. The fourth-order valence-corrected chi connectivity index (χ4v) is 3.83. The summed E-state index contributed by atoms with van der Waals surface area (Å²) >= 11 is 0. The molecule has 0 spiro atoms. The third-order valence-electron chi connectivity index (χ3n) is 4.18. The minimum atomic E-state index is -3.60. The maximum absolute atomic E-state index is 12.2. The molecule has 0 aromatic rings. The molecule has 0 atom stereocenters. The van der Waals surface area contributed by atoms with Gasteiger partial charge in [-0.3, -0.25) is 14.3 Å². The molecule has 1 saturated heterocycles. The van der Waals surface area contributed by atoms with Crippen molar-refractivity contribution in [1.29, 1.82) is 0 Å². The van der Waals surface area contributed by atoms with Crippen molar-refractivity contribution in [2.24, 2.45) is 11.8 Å². The van der Waals surface area contributed by atoms with Crippen molar-refractivity contribution in [3.8, 4) is 0 Å². The third-order valence-corrected chi connectivity index (χ3v) is 6.02. The molecule has 1 aliphatic rings. The average Bonchev–Trinajstić information content (AvgIpc) is 2.51. The summed E-state index contributed by atoms with van der Waals surface area (Å²) < 4.78 is 31.9. The molecule has 8 heteroatoms. The number of carbonyl (C=O) groups is 2. The molecule has 1 aliphatic heterocycles. The summed E-state index contributed by atoms with van der Waals surface area (Å²) in [6.45, 7) is 9.56. The highest BCUT2D eigenvalue weighted by atomic mass is 32.2. The van der Waals surface area contributed by atoms with E-state index in [1.807, 2.05) is 13.8 Å². The van der Waals surface area contributed by atoms with E-state index < -0.39 is 21.2 Å². The first-order valence-corrected chi connectivity index (χ1v) is 10.1. The van der Waals surface area contributed by atoms with E-state index in [1.54, 1.807) is 13.8 Å². The smallest absolute Gasteiger partial charge is 0.237 e. The van der Waals surface area contributed by atoms with Gasteiger partial charge in [0.25, 0.3) is 0 Å². The van der Waals surface area contributed by atoms with E-state index in [4.69, 9.17) is 4.74 Å². The van der Waals surface area contributed by atoms with Gasteiger partial charge in [0, 0.05) is 18.4 Å². The molecule has 0 saturated carbocycles. The number of sulfonamides is 1.